The maximum atomic E-state index is 11.4. The summed E-state index contributed by atoms with van der Waals surface area (Å²) in [4.78, 5) is 19.6. The lowest BCUT2D eigenvalue weighted by molar-refractivity contribution is 0.0988. The number of carbonyl (C=O) groups is 1. The standard InChI is InChI=1S/C13H12N2O/c1-2-13(16)11-5-3-10(4-6-11)12-9-14-7-8-15-12/h3-9H,2H2,1H3. The molecule has 0 bridgehead atoms. The van der Waals surface area contributed by atoms with E-state index in [-0.39, 0.29) is 5.78 Å². The van der Waals surface area contributed by atoms with Crippen LogP contribution >= 0.6 is 0 Å². The van der Waals surface area contributed by atoms with E-state index < -0.39 is 0 Å². The fourth-order valence-electron chi connectivity index (χ4n) is 1.48. The molecule has 1 aromatic carbocycles. The van der Waals surface area contributed by atoms with Gasteiger partial charge in [-0.15, -0.1) is 0 Å². The van der Waals surface area contributed by atoms with Crippen LogP contribution in [0.3, 0.4) is 0 Å². The Labute approximate surface area is 94.2 Å². The minimum Gasteiger partial charge on any atom is -0.294 e. The topological polar surface area (TPSA) is 42.9 Å². The summed E-state index contributed by atoms with van der Waals surface area (Å²) in [6.45, 7) is 1.86. The first-order chi connectivity index (χ1) is 7.81. The molecule has 0 aliphatic heterocycles. The Kier molecular flexibility index (Phi) is 3.05. The van der Waals surface area contributed by atoms with Crippen LogP contribution in [0.2, 0.25) is 0 Å². The maximum Gasteiger partial charge on any atom is 0.162 e. The van der Waals surface area contributed by atoms with Crippen LogP contribution in [0.5, 0.6) is 0 Å². The van der Waals surface area contributed by atoms with Crippen LogP contribution in [0.4, 0.5) is 0 Å². The fraction of sp³-hybridized carbons (Fsp3) is 0.154. The number of aromatic nitrogens is 2. The number of hydrogen-bond donors (Lipinski definition) is 0. The Morgan fingerprint density at radius 3 is 2.50 bits per heavy atom. The second kappa shape index (κ2) is 4.66. The Balaban J connectivity index is 2.30. The molecule has 3 nitrogen and oxygen atoms in total. The van der Waals surface area contributed by atoms with Gasteiger partial charge in [0.15, 0.2) is 5.78 Å². The van der Waals surface area contributed by atoms with Gasteiger partial charge in [0.05, 0.1) is 11.9 Å². The average molecular weight is 212 g/mol. The largest absolute Gasteiger partial charge is 0.294 e. The highest BCUT2D eigenvalue weighted by Gasteiger charge is 2.03. The molecule has 0 radical (unpaired) electrons. The van der Waals surface area contributed by atoms with Crippen molar-refractivity contribution in [2.45, 2.75) is 13.3 Å². The highest BCUT2D eigenvalue weighted by Crippen LogP contribution is 2.16. The first-order valence-electron chi connectivity index (χ1n) is 5.21. The molecular formula is C13H12N2O. The molecule has 0 spiro atoms. The van der Waals surface area contributed by atoms with E-state index in [2.05, 4.69) is 9.97 Å². The fourth-order valence-corrected chi connectivity index (χ4v) is 1.48. The van der Waals surface area contributed by atoms with Crippen LogP contribution in [0, 0.1) is 0 Å². The van der Waals surface area contributed by atoms with Gasteiger partial charge in [-0.25, -0.2) is 0 Å². The van der Waals surface area contributed by atoms with E-state index in [0.717, 1.165) is 16.8 Å². The Morgan fingerprint density at radius 1 is 1.19 bits per heavy atom. The Bertz CT molecular complexity index is 477. The minimum atomic E-state index is 0.158. The molecule has 16 heavy (non-hydrogen) atoms. The van der Waals surface area contributed by atoms with Gasteiger partial charge in [0, 0.05) is 29.9 Å². The summed E-state index contributed by atoms with van der Waals surface area (Å²) in [5, 5.41) is 0. The van der Waals surface area contributed by atoms with Gasteiger partial charge in [-0.2, -0.15) is 0 Å². The van der Waals surface area contributed by atoms with Crippen molar-refractivity contribution in [3.05, 3.63) is 48.4 Å². The van der Waals surface area contributed by atoms with Gasteiger partial charge in [0.25, 0.3) is 0 Å². The number of nitrogens with zero attached hydrogens (tertiary/aromatic N) is 2. The molecule has 0 aliphatic carbocycles. The second-order valence-electron chi connectivity index (χ2n) is 3.44. The molecule has 0 atom stereocenters. The monoisotopic (exact) mass is 212 g/mol. The summed E-state index contributed by atoms with van der Waals surface area (Å²) in [7, 11) is 0. The zero-order valence-electron chi connectivity index (χ0n) is 9.05. The van der Waals surface area contributed by atoms with E-state index in [0.29, 0.717) is 6.42 Å². The minimum absolute atomic E-state index is 0.158. The van der Waals surface area contributed by atoms with Gasteiger partial charge in [0.1, 0.15) is 0 Å². The molecule has 3 heteroatoms. The van der Waals surface area contributed by atoms with E-state index >= 15 is 0 Å². The number of ketones is 1. The van der Waals surface area contributed by atoms with E-state index in [4.69, 9.17) is 0 Å². The smallest absolute Gasteiger partial charge is 0.162 e. The Hall–Kier alpha value is -2.03. The summed E-state index contributed by atoms with van der Waals surface area (Å²) < 4.78 is 0. The van der Waals surface area contributed by atoms with Crippen molar-refractivity contribution in [1.82, 2.24) is 9.97 Å². The van der Waals surface area contributed by atoms with Crippen LogP contribution in [0.15, 0.2) is 42.9 Å². The van der Waals surface area contributed by atoms with Gasteiger partial charge in [-0.3, -0.25) is 14.8 Å². The highest BCUT2D eigenvalue weighted by molar-refractivity contribution is 5.96. The molecule has 1 heterocycles. The molecule has 0 aliphatic rings. The molecular weight excluding hydrogens is 200 g/mol. The number of rotatable bonds is 3. The van der Waals surface area contributed by atoms with E-state index in [1.165, 1.54) is 0 Å². The summed E-state index contributed by atoms with van der Waals surface area (Å²) >= 11 is 0. The van der Waals surface area contributed by atoms with E-state index in [1.54, 1.807) is 18.6 Å². The average Bonchev–Trinajstić information content (AvgIpc) is 2.39. The predicted octanol–water partition coefficient (Wildman–Crippen LogP) is 2.74. The van der Waals surface area contributed by atoms with Crippen LogP contribution in [0.1, 0.15) is 23.7 Å². The molecule has 0 unspecified atom stereocenters. The zero-order chi connectivity index (χ0) is 11.4. The zero-order valence-corrected chi connectivity index (χ0v) is 9.05. The molecule has 2 aromatic rings. The van der Waals surface area contributed by atoms with Crippen molar-refractivity contribution < 1.29 is 4.79 Å². The summed E-state index contributed by atoms with van der Waals surface area (Å²) in [6, 6.07) is 7.45. The number of carbonyl (C=O) groups excluding carboxylic acids is 1. The van der Waals surface area contributed by atoms with Crippen LogP contribution in [0.25, 0.3) is 11.3 Å². The van der Waals surface area contributed by atoms with Crippen LogP contribution < -0.4 is 0 Å². The van der Waals surface area contributed by atoms with Gasteiger partial charge >= 0.3 is 0 Å². The molecule has 0 fully saturated rings. The van der Waals surface area contributed by atoms with Crippen molar-refractivity contribution >= 4 is 5.78 Å². The summed E-state index contributed by atoms with van der Waals surface area (Å²) in [5.41, 5.74) is 2.54. The third-order valence-corrected chi connectivity index (χ3v) is 2.39. The Morgan fingerprint density at radius 2 is 1.94 bits per heavy atom. The lowest BCUT2D eigenvalue weighted by Crippen LogP contribution is -1.95. The van der Waals surface area contributed by atoms with Crippen LogP contribution in [-0.2, 0) is 0 Å². The van der Waals surface area contributed by atoms with Gasteiger partial charge in [0.2, 0.25) is 0 Å². The molecule has 0 saturated carbocycles. The van der Waals surface area contributed by atoms with Crippen molar-refractivity contribution in [3.63, 3.8) is 0 Å². The lowest BCUT2D eigenvalue weighted by atomic mass is 10.1. The normalized spacial score (nSPS) is 10.1. The number of Topliss-reactive ketones (excluding diaryl/α,β-unsaturated/α-hetero) is 1. The highest BCUT2D eigenvalue weighted by atomic mass is 16.1. The SMILES string of the molecule is CCC(=O)c1ccc(-c2cnccn2)cc1. The predicted molar refractivity (Wildman–Crippen MR) is 62.1 cm³/mol. The molecule has 0 saturated heterocycles. The molecule has 0 amide bonds. The maximum absolute atomic E-state index is 11.4. The van der Waals surface area contributed by atoms with Gasteiger partial charge in [-0.1, -0.05) is 31.2 Å². The second-order valence-corrected chi connectivity index (χ2v) is 3.44. The number of benzene rings is 1. The quantitative estimate of drug-likeness (QED) is 0.735. The van der Waals surface area contributed by atoms with E-state index in [1.807, 2.05) is 31.2 Å². The first-order valence-corrected chi connectivity index (χ1v) is 5.21. The third-order valence-electron chi connectivity index (χ3n) is 2.39. The van der Waals surface area contributed by atoms with Crippen LogP contribution in [-0.4, -0.2) is 15.8 Å². The molecule has 1 aromatic heterocycles. The summed E-state index contributed by atoms with van der Waals surface area (Å²) in [5.74, 6) is 0.158. The van der Waals surface area contributed by atoms with Crippen molar-refractivity contribution in [1.29, 1.82) is 0 Å². The molecule has 80 valence electrons. The van der Waals surface area contributed by atoms with E-state index in [9.17, 15) is 4.79 Å². The lowest BCUT2D eigenvalue weighted by Gasteiger charge is -2.01. The molecule has 2 rings (SSSR count). The van der Waals surface area contributed by atoms with Crippen molar-refractivity contribution in [2.75, 3.05) is 0 Å². The van der Waals surface area contributed by atoms with Crippen molar-refractivity contribution in [2.24, 2.45) is 0 Å². The summed E-state index contributed by atoms with van der Waals surface area (Å²) in [6.07, 6.45) is 5.53. The van der Waals surface area contributed by atoms with Gasteiger partial charge < -0.3 is 0 Å². The van der Waals surface area contributed by atoms with Gasteiger partial charge in [-0.05, 0) is 0 Å². The molecule has 0 N–H and O–H groups in total. The third kappa shape index (κ3) is 2.14. The van der Waals surface area contributed by atoms with Crippen molar-refractivity contribution in [3.8, 4) is 11.3 Å². The first kappa shape index (κ1) is 10.5. The number of hydrogen-bond acceptors (Lipinski definition) is 3.